The van der Waals surface area contributed by atoms with Crippen LogP contribution >= 0.6 is 0 Å². The van der Waals surface area contributed by atoms with Crippen molar-refractivity contribution in [2.45, 2.75) is 38.9 Å². The molecular weight excluding hydrogens is 176 g/mol. The minimum absolute atomic E-state index is 0.343. The van der Waals surface area contributed by atoms with E-state index in [1.165, 1.54) is 0 Å². The maximum Gasteiger partial charge on any atom is 0.0913 e. The van der Waals surface area contributed by atoms with Gasteiger partial charge in [0.25, 0.3) is 0 Å². The second-order valence-corrected chi connectivity index (χ2v) is 4.22. The van der Waals surface area contributed by atoms with Crippen molar-refractivity contribution in [3.8, 4) is 0 Å². The van der Waals surface area contributed by atoms with Crippen LogP contribution in [-0.2, 0) is 9.47 Å². The average molecular weight is 198 g/mol. The van der Waals surface area contributed by atoms with E-state index in [4.69, 9.17) is 9.47 Å². The molecule has 82 valence electrons. The molecule has 0 bridgehead atoms. The normalized spacial score (nSPS) is 12.6. The monoisotopic (exact) mass is 198 g/mol. The summed E-state index contributed by atoms with van der Waals surface area (Å²) in [5.41, 5.74) is -0.686. The van der Waals surface area contributed by atoms with Crippen molar-refractivity contribution in [2.75, 3.05) is 13.2 Å². The minimum atomic E-state index is -0.343. The molecule has 0 amide bonds. The van der Waals surface area contributed by atoms with E-state index in [-0.39, 0.29) is 11.2 Å². The van der Waals surface area contributed by atoms with Gasteiger partial charge < -0.3 is 9.47 Å². The Morgan fingerprint density at radius 3 is 1.36 bits per heavy atom. The van der Waals surface area contributed by atoms with Gasteiger partial charge in [0.2, 0.25) is 0 Å². The van der Waals surface area contributed by atoms with Crippen molar-refractivity contribution in [3.05, 3.63) is 25.3 Å². The molecule has 0 aliphatic rings. The Hall–Kier alpha value is -0.600. The second-order valence-electron chi connectivity index (χ2n) is 4.22. The highest BCUT2D eigenvalue weighted by molar-refractivity contribution is 4.91. The van der Waals surface area contributed by atoms with Gasteiger partial charge in [0.05, 0.1) is 24.4 Å². The van der Waals surface area contributed by atoms with Gasteiger partial charge >= 0.3 is 0 Å². The fourth-order valence-corrected chi connectivity index (χ4v) is 0.882. The summed E-state index contributed by atoms with van der Waals surface area (Å²) >= 11 is 0. The molecule has 0 unspecified atom stereocenters. The van der Waals surface area contributed by atoms with Gasteiger partial charge in [-0.15, -0.1) is 13.2 Å². The molecule has 2 nitrogen and oxygen atoms in total. The van der Waals surface area contributed by atoms with Crippen LogP contribution in [0.1, 0.15) is 27.7 Å². The summed E-state index contributed by atoms with van der Waals surface area (Å²) in [4.78, 5) is 0. The summed E-state index contributed by atoms with van der Waals surface area (Å²) in [6, 6.07) is 0. The van der Waals surface area contributed by atoms with Crippen LogP contribution in [0.4, 0.5) is 0 Å². The number of hydrogen-bond acceptors (Lipinski definition) is 2. The highest BCUT2D eigenvalue weighted by Crippen LogP contribution is 2.28. The Morgan fingerprint density at radius 1 is 0.857 bits per heavy atom. The zero-order chi connectivity index (χ0) is 11.2. The summed E-state index contributed by atoms with van der Waals surface area (Å²) in [7, 11) is 0. The van der Waals surface area contributed by atoms with Crippen LogP contribution in [0.2, 0.25) is 0 Å². The van der Waals surface area contributed by atoms with Crippen LogP contribution in [0.3, 0.4) is 0 Å². The first-order valence-corrected chi connectivity index (χ1v) is 4.87. The third kappa shape index (κ3) is 3.64. The van der Waals surface area contributed by atoms with Gasteiger partial charge in [0, 0.05) is 0 Å². The third-order valence-electron chi connectivity index (χ3n) is 2.57. The quantitative estimate of drug-likeness (QED) is 0.585. The van der Waals surface area contributed by atoms with Gasteiger partial charge in [-0.25, -0.2) is 0 Å². The lowest BCUT2D eigenvalue weighted by Crippen LogP contribution is -2.49. The lowest BCUT2D eigenvalue weighted by molar-refractivity contribution is -0.165. The molecule has 2 heteroatoms. The summed E-state index contributed by atoms with van der Waals surface area (Å²) < 4.78 is 11.3. The first kappa shape index (κ1) is 13.4. The molecular formula is C12H22O2. The molecule has 0 heterocycles. The van der Waals surface area contributed by atoms with Crippen LogP contribution in [0.25, 0.3) is 0 Å². The Bertz CT molecular complexity index is 170. The molecule has 0 fully saturated rings. The minimum Gasteiger partial charge on any atom is -0.369 e. The maximum atomic E-state index is 5.66. The van der Waals surface area contributed by atoms with Crippen molar-refractivity contribution < 1.29 is 9.47 Å². The molecule has 0 aliphatic heterocycles. The summed E-state index contributed by atoms with van der Waals surface area (Å²) in [6.07, 6.45) is 3.48. The zero-order valence-electron chi connectivity index (χ0n) is 9.80. The maximum absolute atomic E-state index is 5.66. The van der Waals surface area contributed by atoms with Gasteiger partial charge in [-0.2, -0.15) is 0 Å². The van der Waals surface area contributed by atoms with Crippen molar-refractivity contribution in [2.24, 2.45) is 0 Å². The fraction of sp³-hybridized carbons (Fsp3) is 0.667. The molecule has 0 atom stereocenters. The first-order valence-electron chi connectivity index (χ1n) is 4.87. The van der Waals surface area contributed by atoms with E-state index < -0.39 is 0 Å². The van der Waals surface area contributed by atoms with E-state index in [0.717, 1.165) is 0 Å². The molecule has 0 aromatic rings. The van der Waals surface area contributed by atoms with E-state index in [1.54, 1.807) is 12.2 Å². The molecule has 0 N–H and O–H groups in total. The number of hydrogen-bond donors (Lipinski definition) is 0. The molecule has 0 radical (unpaired) electrons. The summed E-state index contributed by atoms with van der Waals surface area (Å²) in [5.74, 6) is 0. The Labute approximate surface area is 87.6 Å². The fourth-order valence-electron chi connectivity index (χ4n) is 0.882. The zero-order valence-corrected chi connectivity index (χ0v) is 9.80. The van der Waals surface area contributed by atoms with E-state index in [9.17, 15) is 0 Å². The smallest absolute Gasteiger partial charge is 0.0913 e. The van der Waals surface area contributed by atoms with Crippen LogP contribution in [0, 0.1) is 0 Å². The average Bonchev–Trinajstić information content (AvgIpc) is 2.11. The Kier molecular flexibility index (Phi) is 5.09. The van der Waals surface area contributed by atoms with Crippen LogP contribution < -0.4 is 0 Å². The second kappa shape index (κ2) is 5.32. The Balaban J connectivity index is 4.33. The van der Waals surface area contributed by atoms with Crippen molar-refractivity contribution in [3.63, 3.8) is 0 Å². The molecule has 0 aromatic heterocycles. The van der Waals surface area contributed by atoms with Crippen LogP contribution in [0.5, 0.6) is 0 Å². The van der Waals surface area contributed by atoms with Crippen molar-refractivity contribution >= 4 is 0 Å². The van der Waals surface area contributed by atoms with Gasteiger partial charge in [0.15, 0.2) is 0 Å². The number of rotatable bonds is 7. The molecule has 0 aliphatic carbocycles. The molecule has 0 spiro atoms. The summed E-state index contributed by atoms with van der Waals surface area (Å²) in [5, 5.41) is 0. The predicted molar refractivity (Wildman–Crippen MR) is 60.5 cm³/mol. The third-order valence-corrected chi connectivity index (χ3v) is 2.57. The molecule has 14 heavy (non-hydrogen) atoms. The van der Waals surface area contributed by atoms with Gasteiger partial charge in [-0.05, 0) is 27.7 Å². The van der Waals surface area contributed by atoms with E-state index in [1.807, 2.05) is 27.7 Å². The molecule has 0 saturated heterocycles. The molecule has 0 aromatic carbocycles. The lowest BCUT2D eigenvalue weighted by Gasteiger charge is -2.40. The van der Waals surface area contributed by atoms with E-state index in [0.29, 0.717) is 13.2 Å². The van der Waals surface area contributed by atoms with Crippen LogP contribution in [-0.4, -0.2) is 24.4 Å². The highest BCUT2D eigenvalue weighted by Gasteiger charge is 2.38. The molecule has 0 saturated carbocycles. The topological polar surface area (TPSA) is 18.5 Å². The van der Waals surface area contributed by atoms with Crippen LogP contribution in [0.15, 0.2) is 25.3 Å². The van der Waals surface area contributed by atoms with Gasteiger partial charge in [0.1, 0.15) is 0 Å². The number of ether oxygens (including phenoxy) is 2. The summed E-state index contributed by atoms with van der Waals surface area (Å²) in [6.45, 7) is 16.4. The Morgan fingerprint density at radius 2 is 1.14 bits per heavy atom. The van der Waals surface area contributed by atoms with Crippen molar-refractivity contribution in [1.29, 1.82) is 0 Å². The largest absolute Gasteiger partial charge is 0.369 e. The highest BCUT2D eigenvalue weighted by atomic mass is 16.6. The first-order chi connectivity index (χ1) is 6.37. The van der Waals surface area contributed by atoms with E-state index in [2.05, 4.69) is 13.2 Å². The van der Waals surface area contributed by atoms with E-state index >= 15 is 0 Å². The lowest BCUT2D eigenvalue weighted by atomic mass is 9.89. The SMILES string of the molecule is C=CCOC(C)(C)C(C)(C)OCC=C. The van der Waals surface area contributed by atoms with Crippen molar-refractivity contribution in [1.82, 2.24) is 0 Å². The van der Waals surface area contributed by atoms with Gasteiger partial charge in [-0.3, -0.25) is 0 Å². The standard InChI is InChI=1S/C12H22O2/c1-7-9-13-11(3,4)12(5,6)14-10-8-2/h7-8H,1-2,9-10H2,3-6H3. The molecule has 0 rings (SSSR count). The predicted octanol–water partition coefficient (Wildman–Crippen LogP) is 2.95. The van der Waals surface area contributed by atoms with Gasteiger partial charge in [-0.1, -0.05) is 12.2 Å².